The number of H-pyrrole nitrogens is 1. The molecule has 0 unspecified atom stereocenters. The first-order chi connectivity index (χ1) is 8.69. The van der Waals surface area contributed by atoms with Gasteiger partial charge in [0, 0.05) is 12.1 Å². The van der Waals surface area contributed by atoms with Crippen molar-refractivity contribution in [2.75, 3.05) is 0 Å². The van der Waals surface area contributed by atoms with Crippen LogP contribution >= 0.6 is 0 Å². The van der Waals surface area contributed by atoms with Gasteiger partial charge in [0.05, 0.1) is 5.52 Å². The van der Waals surface area contributed by atoms with Gasteiger partial charge in [-0.3, -0.25) is 4.79 Å². The second-order valence-electron chi connectivity index (χ2n) is 3.55. The van der Waals surface area contributed by atoms with Crippen LogP contribution < -0.4 is 9.74 Å². The highest BCUT2D eigenvalue weighted by Gasteiger charge is 2.48. The van der Waals surface area contributed by atoms with Crippen molar-refractivity contribution in [1.82, 2.24) is 4.98 Å². The monoisotopic (exact) mass is 293 g/mol. The number of hydrogen-bond donors (Lipinski definition) is 1. The number of hydrogen-bond acceptors (Lipinski definition) is 4. The Morgan fingerprint density at radius 1 is 1.11 bits per heavy atom. The van der Waals surface area contributed by atoms with Gasteiger partial charge in [0.25, 0.3) is 0 Å². The Labute approximate surface area is 104 Å². The van der Waals surface area contributed by atoms with E-state index in [9.17, 15) is 26.4 Å². The quantitative estimate of drug-likeness (QED) is 0.676. The van der Waals surface area contributed by atoms with Crippen molar-refractivity contribution < 1.29 is 25.8 Å². The zero-order valence-corrected chi connectivity index (χ0v) is 9.88. The molecule has 0 radical (unpaired) electrons. The van der Waals surface area contributed by atoms with Crippen molar-refractivity contribution in [3.63, 3.8) is 0 Å². The van der Waals surface area contributed by atoms with E-state index in [0.29, 0.717) is 5.39 Å². The molecule has 0 amide bonds. The predicted octanol–water partition coefficient (Wildman–Crippen LogP) is 1.76. The van der Waals surface area contributed by atoms with Gasteiger partial charge in [0.1, 0.15) is 5.75 Å². The Bertz CT molecular complexity index is 779. The lowest BCUT2D eigenvalue weighted by molar-refractivity contribution is -0.0500. The number of aromatic amines is 1. The van der Waals surface area contributed by atoms with Crippen molar-refractivity contribution in [3.8, 4) is 5.75 Å². The van der Waals surface area contributed by atoms with Gasteiger partial charge in [-0.25, -0.2) is 0 Å². The average Bonchev–Trinajstić information content (AvgIpc) is 2.26. The van der Waals surface area contributed by atoms with E-state index in [4.69, 9.17) is 0 Å². The Hall–Kier alpha value is -2.03. The van der Waals surface area contributed by atoms with Crippen LogP contribution in [0.5, 0.6) is 5.75 Å². The number of nitrogens with one attached hydrogen (secondary N) is 1. The zero-order chi connectivity index (χ0) is 14.3. The van der Waals surface area contributed by atoms with E-state index in [1.54, 1.807) is 0 Å². The summed E-state index contributed by atoms with van der Waals surface area (Å²) in [6.07, 6.45) is 0. The van der Waals surface area contributed by atoms with Crippen molar-refractivity contribution in [2.45, 2.75) is 5.51 Å². The van der Waals surface area contributed by atoms with E-state index in [1.165, 1.54) is 18.2 Å². The van der Waals surface area contributed by atoms with Gasteiger partial charge in [-0.2, -0.15) is 21.6 Å². The topological polar surface area (TPSA) is 76.2 Å². The van der Waals surface area contributed by atoms with Crippen LogP contribution in [0.4, 0.5) is 13.2 Å². The van der Waals surface area contributed by atoms with Gasteiger partial charge < -0.3 is 9.17 Å². The summed E-state index contributed by atoms with van der Waals surface area (Å²) in [6.45, 7) is 0. The molecular weight excluding hydrogens is 287 g/mol. The molecule has 1 aromatic heterocycles. The molecule has 102 valence electrons. The molecule has 1 aromatic carbocycles. The molecule has 9 heteroatoms. The summed E-state index contributed by atoms with van der Waals surface area (Å²) in [5.41, 5.74) is -5.81. The van der Waals surface area contributed by atoms with E-state index < -0.39 is 26.9 Å². The van der Waals surface area contributed by atoms with Gasteiger partial charge in [-0.05, 0) is 23.6 Å². The van der Waals surface area contributed by atoms with Gasteiger partial charge in [-0.1, -0.05) is 0 Å². The Kier molecular flexibility index (Phi) is 3.01. The van der Waals surface area contributed by atoms with Crippen LogP contribution in [0.25, 0.3) is 10.9 Å². The summed E-state index contributed by atoms with van der Waals surface area (Å²) in [5, 5.41) is 0.524. The third-order valence-electron chi connectivity index (χ3n) is 2.19. The maximum Gasteiger partial charge on any atom is 0.534 e. The maximum absolute atomic E-state index is 12.1. The zero-order valence-electron chi connectivity index (χ0n) is 9.06. The van der Waals surface area contributed by atoms with E-state index in [0.717, 1.165) is 12.1 Å². The van der Waals surface area contributed by atoms with Crippen LogP contribution in [0.3, 0.4) is 0 Å². The Morgan fingerprint density at radius 3 is 2.37 bits per heavy atom. The molecule has 0 aliphatic carbocycles. The predicted molar refractivity (Wildman–Crippen MR) is 60.2 cm³/mol. The first-order valence-corrected chi connectivity index (χ1v) is 6.24. The first kappa shape index (κ1) is 13.4. The fraction of sp³-hybridized carbons (Fsp3) is 0.100. The molecule has 0 aliphatic rings. The third-order valence-corrected chi connectivity index (χ3v) is 3.17. The van der Waals surface area contributed by atoms with Gasteiger partial charge in [0.2, 0.25) is 5.56 Å². The molecule has 2 aromatic rings. The molecular formula is C10H6F3NO4S. The summed E-state index contributed by atoms with van der Waals surface area (Å²) in [7, 11) is -5.72. The van der Waals surface area contributed by atoms with Gasteiger partial charge >= 0.3 is 15.6 Å². The highest BCUT2D eigenvalue weighted by atomic mass is 32.2. The summed E-state index contributed by atoms with van der Waals surface area (Å²) in [6, 6.07) is 6.06. The summed E-state index contributed by atoms with van der Waals surface area (Å²) in [4.78, 5) is 13.4. The summed E-state index contributed by atoms with van der Waals surface area (Å²) in [5.74, 6) is -0.535. The molecule has 0 atom stereocenters. The first-order valence-electron chi connectivity index (χ1n) is 4.83. The number of rotatable bonds is 2. The molecule has 0 bridgehead atoms. The molecule has 1 N–H and O–H groups in total. The minimum Gasteiger partial charge on any atom is -0.376 e. The molecule has 0 spiro atoms. The summed E-state index contributed by atoms with van der Waals surface area (Å²) >= 11 is 0. The van der Waals surface area contributed by atoms with Crippen LogP contribution in [0.15, 0.2) is 35.1 Å². The molecule has 0 saturated heterocycles. The van der Waals surface area contributed by atoms with E-state index in [2.05, 4.69) is 9.17 Å². The lowest BCUT2D eigenvalue weighted by Crippen LogP contribution is -2.28. The van der Waals surface area contributed by atoms with E-state index in [1.807, 2.05) is 0 Å². The molecule has 0 fully saturated rings. The molecule has 0 saturated carbocycles. The van der Waals surface area contributed by atoms with Gasteiger partial charge in [-0.15, -0.1) is 0 Å². The van der Waals surface area contributed by atoms with Crippen LogP contribution in [-0.2, 0) is 10.1 Å². The largest absolute Gasteiger partial charge is 0.534 e. The lowest BCUT2D eigenvalue weighted by atomic mass is 10.2. The minimum absolute atomic E-state index is 0.169. The molecule has 2 rings (SSSR count). The van der Waals surface area contributed by atoms with Crippen molar-refractivity contribution in [1.29, 1.82) is 0 Å². The Morgan fingerprint density at radius 2 is 1.74 bits per heavy atom. The van der Waals surface area contributed by atoms with Crippen LogP contribution in [0.2, 0.25) is 0 Å². The lowest BCUT2D eigenvalue weighted by Gasteiger charge is -2.09. The van der Waals surface area contributed by atoms with Crippen LogP contribution in [-0.4, -0.2) is 18.9 Å². The normalized spacial score (nSPS) is 12.6. The number of halogens is 3. The molecule has 1 heterocycles. The third kappa shape index (κ3) is 2.70. The molecule has 0 aliphatic heterocycles. The highest BCUT2D eigenvalue weighted by Crippen LogP contribution is 2.28. The molecule has 19 heavy (non-hydrogen) atoms. The van der Waals surface area contributed by atoms with Crippen LogP contribution in [0, 0.1) is 0 Å². The fourth-order valence-electron chi connectivity index (χ4n) is 1.35. The second-order valence-corrected chi connectivity index (χ2v) is 5.09. The second kappa shape index (κ2) is 4.26. The van der Waals surface area contributed by atoms with Crippen molar-refractivity contribution in [2.24, 2.45) is 0 Å². The van der Waals surface area contributed by atoms with Crippen molar-refractivity contribution >= 4 is 21.0 Å². The minimum atomic E-state index is -5.72. The average molecular weight is 293 g/mol. The number of fused-ring (bicyclic) bond motifs is 1. The highest BCUT2D eigenvalue weighted by molar-refractivity contribution is 7.88. The molecule has 5 nitrogen and oxygen atoms in total. The fourth-order valence-corrected chi connectivity index (χ4v) is 1.81. The maximum atomic E-state index is 12.1. The number of benzene rings is 1. The SMILES string of the molecule is O=c1ccc2ccc(OS(=O)(=O)C(F)(F)F)cc2[nH]1. The standard InChI is InChI=1S/C10H6F3NO4S/c11-10(12,13)19(16,17)18-7-3-1-6-2-4-9(15)14-8(6)5-7/h1-5H,(H,14,15). The number of pyridine rings is 1. The van der Waals surface area contributed by atoms with Crippen LogP contribution in [0.1, 0.15) is 0 Å². The Balaban J connectivity index is 2.45. The van der Waals surface area contributed by atoms with Gasteiger partial charge in [0.15, 0.2) is 0 Å². The smallest absolute Gasteiger partial charge is 0.376 e. The number of alkyl halides is 3. The van der Waals surface area contributed by atoms with Crippen molar-refractivity contribution in [3.05, 3.63) is 40.7 Å². The number of aromatic nitrogens is 1. The van der Waals surface area contributed by atoms with E-state index in [-0.39, 0.29) is 5.52 Å². The van der Waals surface area contributed by atoms with E-state index >= 15 is 0 Å². The summed E-state index contributed by atoms with van der Waals surface area (Å²) < 4.78 is 61.9.